The van der Waals surface area contributed by atoms with Crippen molar-refractivity contribution in [1.29, 1.82) is 0 Å². The lowest BCUT2D eigenvalue weighted by molar-refractivity contribution is -0.117. The highest BCUT2D eigenvalue weighted by atomic mass is 16.7. The van der Waals surface area contributed by atoms with Gasteiger partial charge in [-0.05, 0) is 48.9 Å². The Morgan fingerprint density at radius 3 is 2.25 bits per heavy atom. The second-order valence-corrected chi connectivity index (χ2v) is 6.16. The third-order valence-corrected chi connectivity index (χ3v) is 3.89. The van der Waals surface area contributed by atoms with E-state index in [0.29, 0.717) is 16.9 Å². The van der Waals surface area contributed by atoms with Crippen molar-refractivity contribution >= 4 is 23.3 Å². The van der Waals surface area contributed by atoms with Crippen molar-refractivity contribution < 1.29 is 14.4 Å². The molecule has 0 aliphatic heterocycles. The van der Waals surface area contributed by atoms with Gasteiger partial charge < -0.3 is 4.84 Å². The summed E-state index contributed by atoms with van der Waals surface area (Å²) in [6.45, 7) is 1.95. The lowest BCUT2D eigenvalue weighted by Gasteiger charge is -2.07. The van der Waals surface area contributed by atoms with Crippen LogP contribution in [0.15, 0.2) is 89.1 Å². The standard InChI is InChI=1S/C22H19N3O3/c1-16-7-9-18(10-8-16)22(27)28-25-20-13-11-19(12-14-20)23-24-21(26)15-17-5-3-2-4-6-17/h2-14,25H,15H2,1H3. The lowest BCUT2D eigenvalue weighted by atomic mass is 10.1. The molecule has 0 heterocycles. The molecular formula is C22H19N3O3. The molecule has 1 amide bonds. The smallest absolute Gasteiger partial charge is 0.338 e. The number of nitrogens with one attached hydrogen (secondary N) is 1. The predicted octanol–water partition coefficient (Wildman–Crippen LogP) is 5.03. The van der Waals surface area contributed by atoms with E-state index in [0.717, 1.165) is 11.1 Å². The molecule has 0 unspecified atom stereocenters. The first-order valence-corrected chi connectivity index (χ1v) is 8.72. The SMILES string of the molecule is Cc1ccc(C(=O)ONc2ccc(N=NC(=O)Cc3ccccc3)cc2)cc1. The highest BCUT2D eigenvalue weighted by Crippen LogP contribution is 2.17. The number of benzene rings is 3. The molecule has 1 N–H and O–H groups in total. The van der Waals surface area contributed by atoms with Crippen molar-refractivity contribution in [3.63, 3.8) is 0 Å². The van der Waals surface area contributed by atoms with Gasteiger partial charge in [0, 0.05) is 0 Å². The summed E-state index contributed by atoms with van der Waals surface area (Å²) < 4.78 is 0. The Bertz CT molecular complexity index is 966. The van der Waals surface area contributed by atoms with Crippen molar-refractivity contribution in [3.8, 4) is 0 Å². The summed E-state index contributed by atoms with van der Waals surface area (Å²) in [5.41, 5.74) is 6.11. The van der Waals surface area contributed by atoms with E-state index < -0.39 is 5.97 Å². The van der Waals surface area contributed by atoms with Crippen LogP contribution < -0.4 is 5.48 Å². The molecule has 0 aromatic heterocycles. The van der Waals surface area contributed by atoms with Crippen LogP contribution in [-0.4, -0.2) is 11.9 Å². The summed E-state index contributed by atoms with van der Waals surface area (Å²) >= 11 is 0. The van der Waals surface area contributed by atoms with Crippen molar-refractivity contribution in [2.75, 3.05) is 5.48 Å². The molecule has 3 aromatic rings. The number of anilines is 1. The maximum absolute atomic E-state index is 12.0. The minimum atomic E-state index is -0.477. The molecule has 0 aliphatic rings. The fourth-order valence-corrected chi connectivity index (χ4v) is 2.37. The number of hydrogen-bond acceptors (Lipinski definition) is 5. The third kappa shape index (κ3) is 5.60. The molecule has 0 radical (unpaired) electrons. The van der Waals surface area contributed by atoms with Crippen LogP contribution >= 0.6 is 0 Å². The van der Waals surface area contributed by atoms with Crippen LogP contribution in [0, 0.1) is 6.92 Å². The Hall–Kier alpha value is -3.80. The van der Waals surface area contributed by atoms with E-state index in [9.17, 15) is 9.59 Å². The zero-order chi connectivity index (χ0) is 19.8. The Labute approximate surface area is 162 Å². The molecule has 6 nitrogen and oxygen atoms in total. The predicted molar refractivity (Wildman–Crippen MR) is 106 cm³/mol. The first-order valence-electron chi connectivity index (χ1n) is 8.72. The Morgan fingerprint density at radius 1 is 0.893 bits per heavy atom. The minimum absolute atomic E-state index is 0.207. The van der Waals surface area contributed by atoms with Gasteiger partial charge in [0.15, 0.2) is 0 Å². The van der Waals surface area contributed by atoms with Crippen LogP contribution in [0.2, 0.25) is 0 Å². The van der Waals surface area contributed by atoms with Crippen LogP contribution in [-0.2, 0) is 16.1 Å². The van der Waals surface area contributed by atoms with E-state index in [2.05, 4.69) is 15.7 Å². The molecule has 6 heteroatoms. The van der Waals surface area contributed by atoms with Gasteiger partial charge in [0.25, 0.3) is 5.91 Å². The third-order valence-electron chi connectivity index (χ3n) is 3.89. The molecule has 3 aromatic carbocycles. The number of nitrogens with zero attached hydrogens (tertiary/aromatic N) is 2. The summed E-state index contributed by atoms with van der Waals surface area (Å²) in [6.07, 6.45) is 0.207. The Kier molecular flexibility index (Phi) is 6.25. The average Bonchev–Trinajstić information content (AvgIpc) is 2.72. The fourth-order valence-electron chi connectivity index (χ4n) is 2.37. The monoisotopic (exact) mass is 373 g/mol. The van der Waals surface area contributed by atoms with Gasteiger partial charge in [0.05, 0.1) is 23.4 Å². The number of carbonyl (C=O) groups excluding carboxylic acids is 2. The van der Waals surface area contributed by atoms with Gasteiger partial charge in [-0.25, -0.2) is 10.3 Å². The first kappa shape index (κ1) is 19.0. The molecule has 0 atom stereocenters. The number of hydrogen-bond donors (Lipinski definition) is 1. The summed E-state index contributed by atoms with van der Waals surface area (Å²) in [5.74, 6) is -0.796. The number of aryl methyl sites for hydroxylation is 1. The van der Waals surface area contributed by atoms with Crippen molar-refractivity contribution in [1.82, 2.24) is 0 Å². The minimum Gasteiger partial charge on any atom is -0.338 e. The lowest BCUT2D eigenvalue weighted by Crippen LogP contribution is -2.10. The molecule has 0 fully saturated rings. The van der Waals surface area contributed by atoms with Crippen molar-refractivity contribution in [2.24, 2.45) is 10.2 Å². The normalized spacial score (nSPS) is 10.6. The molecule has 140 valence electrons. The van der Waals surface area contributed by atoms with Crippen LogP contribution in [0.4, 0.5) is 11.4 Å². The van der Waals surface area contributed by atoms with Gasteiger partial charge >= 0.3 is 5.97 Å². The number of carbonyl (C=O) groups is 2. The van der Waals surface area contributed by atoms with Gasteiger partial charge in [-0.1, -0.05) is 48.0 Å². The molecule has 28 heavy (non-hydrogen) atoms. The van der Waals surface area contributed by atoms with Gasteiger partial charge in [0.1, 0.15) is 0 Å². The highest BCUT2D eigenvalue weighted by molar-refractivity contribution is 5.89. The van der Waals surface area contributed by atoms with Crippen molar-refractivity contribution in [2.45, 2.75) is 13.3 Å². The molecule has 0 aliphatic carbocycles. The van der Waals surface area contributed by atoms with E-state index in [-0.39, 0.29) is 12.3 Å². The van der Waals surface area contributed by atoms with Crippen LogP contribution in [0.3, 0.4) is 0 Å². The molecule has 3 rings (SSSR count). The highest BCUT2D eigenvalue weighted by Gasteiger charge is 2.07. The quantitative estimate of drug-likeness (QED) is 0.485. The summed E-state index contributed by atoms with van der Waals surface area (Å²) in [6, 6.07) is 23.2. The number of azo groups is 1. The zero-order valence-corrected chi connectivity index (χ0v) is 15.3. The molecule has 0 saturated carbocycles. The van der Waals surface area contributed by atoms with Crippen LogP contribution in [0.1, 0.15) is 21.5 Å². The van der Waals surface area contributed by atoms with Gasteiger partial charge in [-0.15, -0.1) is 10.2 Å². The van der Waals surface area contributed by atoms with Gasteiger partial charge in [-0.2, -0.15) is 0 Å². The number of rotatable bonds is 6. The average molecular weight is 373 g/mol. The van der Waals surface area contributed by atoms with E-state index in [1.165, 1.54) is 0 Å². The summed E-state index contributed by atoms with van der Waals surface area (Å²) in [4.78, 5) is 28.9. The zero-order valence-electron chi connectivity index (χ0n) is 15.3. The maximum atomic E-state index is 12.0. The van der Waals surface area contributed by atoms with E-state index in [1.807, 2.05) is 49.4 Å². The van der Waals surface area contributed by atoms with E-state index >= 15 is 0 Å². The number of amides is 1. The summed E-state index contributed by atoms with van der Waals surface area (Å²) in [5, 5.41) is 7.66. The largest absolute Gasteiger partial charge is 0.362 e. The van der Waals surface area contributed by atoms with Crippen LogP contribution in [0.25, 0.3) is 0 Å². The van der Waals surface area contributed by atoms with Gasteiger partial charge in [-0.3, -0.25) is 4.79 Å². The van der Waals surface area contributed by atoms with Crippen LogP contribution in [0.5, 0.6) is 0 Å². The Morgan fingerprint density at radius 2 is 1.57 bits per heavy atom. The molecule has 0 saturated heterocycles. The molecule has 0 spiro atoms. The molecular weight excluding hydrogens is 354 g/mol. The molecule has 0 bridgehead atoms. The summed E-state index contributed by atoms with van der Waals surface area (Å²) in [7, 11) is 0. The van der Waals surface area contributed by atoms with Gasteiger partial charge in [0.2, 0.25) is 0 Å². The Balaban J connectivity index is 1.51. The first-order chi connectivity index (χ1) is 13.6. The van der Waals surface area contributed by atoms with E-state index in [1.54, 1.807) is 36.4 Å². The fraction of sp³-hybridized carbons (Fsp3) is 0.0909. The topological polar surface area (TPSA) is 80.1 Å². The van der Waals surface area contributed by atoms with Crippen molar-refractivity contribution in [3.05, 3.63) is 95.6 Å². The second kappa shape index (κ2) is 9.23. The second-order valence-electron chi connectivity index (χ2n) is 6.16. The maximum Gasteiger partial charge on any atom is 0.362 e. The van der Waals surface area contributed by atoms with E-state index in [4.69, 9.17) is 4.84 Å².